The molecular formula is C12H16N2O5S. The Morgan fingerprint density at radius 2 is 2.00 bits per heavy atom. The predicted molar refractivity (Wildman–Crippen MR) is 71.7 cm³/mol. The van der Waals surface area contributed by atoms with Crippen LogP contribution in [0.2, 0.25) is 0 Å². The van der Waals surface area contributed by atoms with Crippen LogP contribution in [0.5, 0.6) is 0 Å². The molecular weight excluding hydrogens is 284 g/mol. The number of nitro groups is 1. The molecule has 20 heavy (non-hydrogen) atoms. The van der Waals surface area contributed by atoms with E-state index in [-0.39, 0.29) is 23.1 Å². The van der Waals surface area contributed by atoms with Crippen LogP contribution in [0.3, 0.4) is 0 Å². The van der Waals surface area contributed by atoms with Crippen LogP contribution in [0.4, 0.5) is 5.69 Å². The molecule has 7 nitrogen and oxygen atoms in total. The third kappa shape index (κ3) is 2.97. The molecule has 0 aliphatic carbocycles. The van der Waals surface area contributed by atoms with E-state index in [2.05, 4.69) is 0 Å². The Hall–Kier alpha value is -1.51. The van der Waals surface area contributed by atoms with Crippen LogP contribution in [0, 0.1) is 16.0 Å². The number of aliphatic hydroxyl groups excluding tert-OH is 1. The summed E-state index contributed by atoms with van der Waals surface area (Å²) in [6, 6.07) is 5.07. The summed E-state index contributed by atoms with van der Waals surface area (Å²) in [5.41, 5.74) is -0.240. The second kappa shape index (κ2) is 5.86. The molecule has 0 unspecified atom stereocenters. The molecule has 8 heteroatoms. The molecule has 1 saturated heterocycles. The summed E-state index contributed by atoms with van der Waals surface area (Å²) < 4.78 is 26.1. The van der Waals surface area contributed by atoms with Crippen LogP contribution in [-0.4, -0.2) is 42.4 Å². The smallest absolute Gasteiger partial charge is 0.270 e. The molecule has 1 N–H and O–H groups in total. The lowest BCUT2D eigenvalue weighted by Gasteiger charge is -2.30. The molecule has 1 aliphatic heterocycles. The maximum atomic E-state index is 12.4. The molecule has 0 radical (unpaired) electrons. The fraction of sp³-hybridized carbons (Fsp3) is 0.500. The van der Waals surface area contributed by atoms with Crippen molar-refractivity contribution in [3.63, 3.8) is 0 Å². The molecule has 1 aromatic rings. The highest BCUT2D eigenvalue weighted by Crippen LogP contribution is 2.25. The first-order valence-electron chi connectivity index (χ1n) is 6.30. The summed E-state index contributed by atoms with van der Waals surface area (Å²) in [5.74, 6) is 0.131. The number of nitrogens with zero attached hydrogens (tertiary/aromatic N) is 2. The van der Waals surface area contributed by atoms with Gasteiger partial charge in [-0.25, -0.2) is 8.42 Å². The van der Waals surface area contributed by atoms with Crippen LogP contribution in [0.25, 0.3) is 0 Å². The van der Waals surface area contributed by atoms with E-state index in [1.807, 2.05) is 0 Å². The average molecular weight is 300 g/mol. The molecule has 1 heterocycles. The molecule has 2 rings (SSSR count). The Bertz CT molecular complexity index is 594. The first kappa shape index (κ1) is 14.9. The Kier molecular flexibility index (Phi) is 4.36. The van der Waals surface area contributed by atoms with Crippen LogP contribution in [0.1, 0.15) is 12.8 Å². The van der Waals surface area contributed by atoms with Gasteiger partial charge < -0.3 is 5.11 Å². The Balaban J connectivity index is 2.23. The van der Waals surface area contributed by atoms with E-state index in [0.29, 0.717) is 25.9 Å². The molecule has 1 aromatic carbocycles. The van der Waals surface area contributed by atoms with Crippen molar-refractivity contribution in [1.29, 1.82) is 0 Å². The molecule has 0 bridgehead atoms. The minimum absolute atomic E-state index is 0.0602. The second-order valence-electron chi connectivity index (χ2n) is 4.78. The topological polar surface area (TPSA) is 101 Å². The monoisotopic (exact) mass is 300 g/mol. The minimum atomic E-state index is -3.70. The average Bonchev–Trinajstić information content (AvgIpc) is 2.47. The lowest BCUT2D eigenvalue weighted by Crippen LogP contribution is -2.39. The van der Waals surface area contributed by atoms with Crippen LogP contribution in [-0.2, 0) is 10.0 Å². The van der Waals surface area contributed by atoms with Crippen molar-refractivity contribution in [3.8, 4) is 0 Å². The van der Waals surface area contributed by atoms with Gasteiger partial charge in [0, 0.05) is 31.8 Å². The summed E-state index contributed by atoms with van der Waals surface area (Å²) >= 11 is 0. The van der Waals surface area contributed by atoms with Crippen molar-refractivity contribution in [3.05, 3.63) is 34.4 Å². The lowest BCUT2D eigenvalue weighted by atomic mass is 10.00. The van der Waals surface area contributed by atoms with E-state index >= 15 is 0 Å². The third-order valence-electron chi connectivity index (χ3n) is 3.50. The number of aliphatic hydroxyl groups is 1. The Morgan fingerprint density at radius 3 is 2.55 bits per heavy atom. The van der Waals surface area contributed by atoms with E-state index in [4.69, 9.17) is 5.11 Å². The molecule has 1 fully saturated rings. The lowest BCUT2D eigenvalue weighted by molar-refractivity contribution is -0.385. The van der Waals surface area contributed by atoms with Gasteiger partial charge in [-0.2, -0.15) is 4.31 Å². The molecule has 0 amide bonds. The van der Waals surface area contributed by atoms with Crippen molar-refractivity contribution >= 4 is 15.7 Å². The quantitative estimate of drug-likeness (QED) is 0.660. The molecule has 1 aliphatic rings. The molecule has 110 valence electrons. The number of non-ortho nitro benzene ring substituents is 1. The summed E-state index contributed by atoms with van der Waals surface area (Å²) in [6.07, 6.45) is 1.20. The molecule has 0 spiro atoms. The normalized spacial score (nSPS) is 18.1. The van der Waals surface area contributed by atoms with Gasteiger partial charge in [-0.3, -0.25) is 10.1 Å². The SMILES string of the molecule is O=[N+]([O-])c1cccc(S(=O)(=O)N2CCC(CO)CC2)c1. The zero-order chi connectivity index (χ0) is 14.8. The van der Waals surface area contributed by atoms with Crippen molar-refractivity contribution in [1.82, 2.24) is 4.31 Å². The number of rotatable bonds is 4. The highest BCUT2D eigenvalue weighted by Gasteiger charge is 2.29. The summed E-state index contributed by atoms with van der Waals surface area (Å²) in [7, 11) is -3.70. The first-order chi connectivity index (χ1) is 9.45. The van der Waals surface area contributed by atoms with Gasteiger partial charge in [-0.1, -0.05) is 6.07 Å². The van der Waals surface area contributed by atoms with Crippen LogP contribution >= 0.6 is 0 Å². The minimum Gasteiger partial charge on any atom is -0.396 e. The van der Waals surface area contributed by atoms with Gasteiger partial charge in [0.2, 0.25) is 10.0 Å². The number of hydrogen-bond donors (Lipinski definition) is 1. The first-order valence-corrected chi connectivity index (χ1v) is 7.74. The summed E-state index contributed by atoms with van der Waals surface area (Å²) in [4.78, 5) is 10.0. The van der Waals surface area contributed by atoms with Gasteiger partial charge in [0.05, 0.1) is 9.82 Å². The summed E-state index contributed by atoms with van der Waals surface area (Å²) in [6.45, 7) is 0.719. The van der Waals surface area contributed by atoms with E-state index in [1.165, 1.54) is 22.5 Å². The van der Waals surface area contributed by atoms with E-state index in [1.54, 1.807) is 0 Å². The standard InChI is InChI=1S/C12H16N2O5S/c15-9-10-4-6-13(7-5-10)20(18,19)12-3-1-2-11(8-12)14(16)17/h1-3,8,10,15H,4-7,9H2. The van der Waals surface area contributed by atoms with Gasteiger partial charge >= 0.3 is 0 Å². The maximum absolute atomic E-state index is 12.4. The van der Waals surface area contributed by atoms with E-state index < -0.39 is 14.9 Å². The van der Waals surface area contributed by atoms with E-state index in [9.17, 15) is 18.5 Å². The number of hydrogen-bond acceptors (Lipinski definition) is 5. The largest absolute Gasteiger partial charge is 0.396 e. The van der Waals surface area contributed by atoms with Crippen molar-refractivity contribution in [2.24, 2.45) is 5.92 Å². The van der Waals surface area contributed by atoms with Gasteiger partial charge in [-0.15, -0.1) is 0 Å². The van der Waals surface area contributed by atoms with Gasteiger partial charge in [0.1, 0.15) is 0 Å². The molecule has 0 aromatic heterocycles. The third-order valence-corrected chi connectivity index (χ3v) is 5.39. The van der Waals surface area contributed by atoms with Crippen LogP contribution in [0.15, 0.2) is 29.2 Å². The zero-order valence-electron chi connectivity index (χ0n) is 10.8. The number of benzene rings is 1. The zero-order valence-corrected chi connectivity index (χ0v) is 11.6. The van der Waals surface area contributed by atoms with Crippen molar-refractivity contribution in [2.75, 3.05) is 19.7 Å². The fourth-order valence-electron chi connectivity index (χ4n) is 2.24. The highest BCUT2D eigenvalue weighted by molar-refractivity contribution is 7.89. The Labute approximate surface area is 117 Å². The number of piperidine rings is 1. The summed E-state index contributed by atoms with van der Waals surface area (Å²) in [5, 5.41) is 19.8. The number of sulfonamides is 1. The van der Waals surface area contributed by atoms with Crippen molar-refractivity contribution in [2.45, 2.75) is 17.7 Å². The molecule has 0 saturated carbocycles. The number of nitro benzene ring substituents is 1. The maximum Gasteiger partial charge on any atom is 0.270 e. The fourth-order valence-corrected chi connectivity index (χ4v) is 3.75. The van der Waals surface area contributed by atoms with Gasteiger partial charge in [0.25, 0.3) is 5.69 Å². The second-order valence-corrected chi connectivity index (χ2v) is 6.72. The molecule has 0 atom stereocenters. The van der Waals surface area contributed by atoms with Crippen molar-refractivity contribution < 1.29 is 18.4 Å². The van der Waals surface area contributed by atoms with E-state index in [0.717, 1.165) is 6.07 Å². The predicted octanol–water partition coefficient (Wildman–Crippen LogP) is 0.988. The highest BCUT2D eigenvalue weighted by atomic mass is 32.2. The van der Waals surface area contributed by atoms with Crippen LogP contribution < -0.4 is 0 Å². The van der Waals surface area contributed by atoms with Gasteiger partial charge in [0.15, 0.2) is 0 Å². The Morgan fingerprint density at radius 1 is 1.35 bits per heavy atom. The van der Waals surface area contributed by atoms with Gasteiger partial charge in [-0.05, 0) is 24.8 Å².